The summed E-state index contributed by atoms with van der Waals surface area (Å²) in [4.78, 5) is 23.6. The van der Waals surface area contributed by atoms with Gasteiger partial charge in [-0.3, -0.25) is 9.35 Å². The number of carbonyl (C=O) groups is 2. The molecule has 27 heavy (non-hydrogen) atoms. The fourth-order valence-corrected chi connectivity index (χ4v) is 2.75. The summed E-state index contributed by atoms with van der Waals surface area (Å²) in [6.07, 6.45) is 0. The number of para-hydroxylation sites is 1. The third kappa shape index (κ3) is 3.88. The number of anilines is 1. The number of aliphatic carboxylic acids is 1. The van der Waals surface area contributed by atoms with Gasteiger partial charge in [0.2, 0.25) is 6.04 Å². The van der Waals surface area contributed by atoms with Crippen molar-refractivity contribution in [1.82, 2.24) is 0 Å². The lowest BCUT2D eigenvalue weighted by molar-refractivity contribution is -0.130. The molecule has 10 nitrogen and oxygen atoms in total. The molecule has 1 unspecified atom stereocenters. The Morgan fingerprint density at radius 1 is 1.07 bits per heavy atom. The molecule has 2 N–H and O–H groups in total. The Labute approximate surface area is 153 Å². The van der Waals surface area contributed by atoms with Crippen molar-refractivity contribution in [2.75, 3.05) is 5.01 Å². The van der Waals surface area contributed by atoms with Gasteiger partial charge in [-0.05, 0) is 36.4 Å². The quantitative estimate of drug-likeness (QED) is 0.590. The molecule has 0 aromatic heterocycles. The summed E-state index contributed by atoms with van der Waals surface area (Å²) < 4.78 is 31.0. The lowest BCUT2D eigenvalue weighted by atomic mass is 10.2. The Balaban J connectivity index is 1.87. The summed E-state index contributed by atoms with van der Waals surface area (Å²) in [5, 5.41) is 21.6. The average Bonchev–Trinajstić information content (AvgIpc) is 2.97. The highest BCUT2D eigenvalue weighted by molar-refractivity contribution is 7.85. The number of amides is 1. The van der Waals surface area contributed by atoms with Crippen LogP contribution in [0.3, 0.4) is 0 Å². The van der Waals surface area contributed by atoms with Gasteiger partial charge in [-0.1, -0.05) is 18.2 Å². The molecule has 1 atom stereocenters. The van der Waals surface area contributed by atoms with Crippen LogP contribution < -0.4 is 5.01 Å². The van der Waals surface area contributed by atoms with E-state index >= 15 is 0 Å². The molecule has 1 aliphatic heterocycles. The molecule has 138 valence electrons. The van der Waals surface area contributed by atoms with Crippen molar-refractivity contribution in [3.8, 4) is 0 Å². The molecule has 3 rings (SSSR count). The molecule has 1 aliphatic rings. The van der Waals surface area contributed by atoms with Gasteiger partial charge in [0.25, 0.3) is 16.0 Å². The van der Waals surface area contributed by atoms with Crippen LogP contribution in [0.15, 0.2) is 74.8 Å². The number of hydrogen-bond donors (Lipinski definition) is 2. The molecule has 2 aromatic rings. The maximum absolute atomic E-state index is 12.5. The van der Waals surface area contributed by atoms with E-state index in [2.05, 4.69) is 15.3 Å². The van der Waals surface area contributed by atoms with Crippen molar-refractivity contribution in [2.45, 2.75) is 10.9 Å². The van der Waals surface area contributed by atoms with Gasteiger partial charge in [-0.15, -0.1) is 0 Å². The van der Waals surface area contributed by atoms with Crippen LogP contribution in [0.2, 0.25) is 0 Å². The highest BCUT2D eigenvalue weighted by Gasteiger charge is 2.40. The van der Waals surface area contributed by atoms with Gasteiger partial charge in [0.05, 0.1) is 16.3 Å². The van der Waals surface area contributed by atoms with Crippen molar-refractivity contribution in [2.24, 2.45) is 15.3 Å². The molecule has 1 heterocycles. The first kappa shape index (κ1) is 18.4. The minimum absolute atomic E-state index is 0.165. The third-order valence-electron chi connectivity index (χ3n) is 3.55. The molecule has 2 aromatic carbocycles. The van der Waals surface area contributed by atoms with Crippen molar-refractivity contribution in [3.05, 3.63) is 54.6 Å². The zero-order chi connectivity index (χ0) is 19.6. The van der Waals surface area contributed by atoms with Gasteiger partial charge in [-0.2, -0.15) is 28.8 Å². The van der Waals surface area contributed by atoms with E-state index in [0.717, 1.165) is 17.1 Å². The molecule has 0 radical (unpaired) electrons. The van der Waals surface area contributed by atoms with Gasteiger partial charge in [0.15, 0.2) is 5.71 Å². The van der Waals surface area contributed by atoms with Gasteiger partial charge in [0.1, 0.15) is 0 Å². The minimum Gasteiger partial charge on any atom is -0.477 e. The zero-order valence-electron chi connectivity index (χ0n) is 13.5. The second kappa shape index (κ2) is 7.05. The van der Waals surface area contributed by atoms with E-state index in [-0.39, 0.29) is 10.6 Å². The van der Waals surface area contributed by atoms with E-state index in [1.807, 2.05) is 0 Å². The minimum atomic E-state index is -4.35. The molecule has 11 heteroatoms. The number of carboxylic acids is 1. The van der Waals surface area contributed by atoms with Crippen LogP contribution in [-0.2, 0) is 19.7 Å². The fourth-order valence-electron chi connectivity index (χ4n) is 2.27. The Hall–Kier alpha value is -3.44. The normalized spacial score (nSPS) is 17.4. The second-order valence-electron chi connectivity index (χ2n) is 5.36. The van der Waals surface area contributed by atoms with E-state index in [1.165, 1.54) is 12.1 Å². The number of hydrogen-bond acceptors (Lipinski definition) is 7. The summed E-state index contributed by atoms with van der Waals surface area (Å²) in [6, 6.07) is 11.5. The molecule has 0 spiro atoms. The van der Waals surface area contributed by atoms with E-state index < -0.39 is 33.7 Å². The Bertz CT molecular complexity index is 1050. The lowest BCUT2D eigenvalue weighted by Gasteiger charge is -2.11. The van der Waals surface area contributed by atoms with Crippen molar-refractivity contribution in [1.29, 1.82) is 0 Å². The van der Waals surface area contributed by atoms with Gasteiger partial charge >= 0.3 is 5.97 Å². The van der Waals surface area contributed by atoms with E-state index in [0.29, 0.717) is 5.69 Å². The number of rotatable bonds is 5. The topological polar surface area (TPSA) is 149 Å². The van der Waals surface area contributed by atoms with Crippen LogP contribution in [0.4, 0.5) is 11.4 Å². The van der Waals surface area contributed by atoms with E-state index in [1.54, 1.807) is 30.3 Å². The monoisotopic (exact) mass is 388 g/mol. The highest BCUT2D eigenvalue weighted by atomic mass is 32.2. The maximum Gasteiger partial charge on any atom is 0.355 e. The molecule has 0 aliphatic carbocycles. The van der Waals surface area contributed by atoms with E-state index in [9.17, 15) is 23.1 Å². The summed E-state index contributed by atoms with van der Waals surface area (Å²) in [7, 11) is -4.35. The van der Waals surface area contributed by atoms with Crippen molar-refractivity contribution in [3.63, 3.8) is 0 Å². The van der Waals surface area contributed by atoms with Crippen LogP contribution in [0.1, 0.15) is 0 Å². The van der Waals surface area contributed by atoms with Crippen LogP contribution in [0.5, 0.6) is 0 Å². The first-order chi connectivity index (χ1) is 12.8. The van der Waals surface area contributed by atoms with Crippen LogP contribution in [0.25, 0.3) is 0 Å². The largest absolute Gasteiger partial charge is 0.477 e. The second-order valence-corrected chi connectivity index (χ2v) is 6.78. The maximum atomic E-state index is 12.5. The fraction of sp³-hybridized carbons (Fsp3) is 0.0625. The van der Waals surface area contributed by atoms with Gasteiger partial charge in [-0.25, -0.2) is 4.79 Å². The number of carbonyl (C=O) groups excluding carboxylic acids is 1. The van der Waals surface area contributed by atoms with Gasteiger partial charge in [0, 0.05) is 0 Å². The molecule has 1 amide bonds. The van der Waals surface area contributed by atoms with Gasteiger partial charge < -0.3 is 5.11 Å². The number of benzene rings is 2. The Morgan fingerprint density at radius 3 is 2.26 bits per heavy atom. The average molecular weight is 388 g/mol. The third-order valence-corrected chi connectivity index (χ3v) is 4.42. The number of azo groups is 1. The standard InChI is InChI=1S/C16H12N4O6S/c21-15-13(18-17-10-6-8-12(9-7-10)27(24,25)26)14(16(22)23)19-20(15)11-4-2-1-3-5-11/h1-9,13H,(H,22,23)(H,24,25,26). The first-order valence-electron chi connectivity index (χ1n) is 7.46. The van der Waals surface area contributed by atoms with Crippen molar-refractivity contribution >= 4 is 39.1 Å². The zero-order valence-corrected chi connectivity index (χ0v) is 14.3. The summed E-state index contributed by atoms with van der Waals surface area (Å²) in [5.41, 5.74) is 0.0664. The SMILES string of the molecule is O=C(O)C1=NN(c2ccccc2)C(=O)C1N=Nc1ccc(S(=O)(=O)O)cc1. The highest BCUT2D eigenvalue weighted by Crippen LogP contribution is 2.24. The smallest absolute Gasteiger partial charge is 0.355 e. The number of carboxylic acid groups (broad SMARTS) is 1. The predicted octanol–water partition coefficient (Wildman–Crippen LogP) is 1.87. The van der Waals surface area contributed by atoms with Crippen LogP contribution >= 0.6 is 0 Å². The first-order valence-corrected chi connectivity index (χ1v) is 8.90. The Kier molecular flexibility index (Phi) is 4.79. The van der Waals surface area contributed by atoms with Crippen LogP contribution in [-0.4, -0.2) is 41.7 Å². The molecule has 0 fully saturated rings. The summed E-state index contributed by atoms with van der Waals surface area (Å²) >= 11 is 0. The van der Waals surface area contributed by atoms with Crippen molar-refractivity contribution < 1.29 is 27.7 Å². The summed E-state index contributed by atoms with van der Waals surface area (Å²) in [6.45, 7) is 0. The molecule has 0 saturated heterocycles. The molecular weight excluding hydrogens is 376 g/mol. The Morgan fingerprint density at radius 2 is 1.70 bits per heavy atom. The lowest BCUT2D eigenvalue weighted by Crippen LogP contribution is -2.32. The summed E-state index contributed by atoms with van der Waals surface area (Å²) in [5.74, 6) is -2.09. The van der Waals surface area contributed by atoms with E-state index in [4.69, 9.17) is 4.55 Å². The molecular formula is C16H12N4O6S. The molecule has 0 bridgehead atoms. The van der Waals surface area contributed by atoms with Crippen LogP contribution in [0, 0.1) is 0 Å². The number of nitrogens with zero attached hydrogens (tertiary/aromatic N) is 4. The molecule has 0 saturated carbocycles. The predicted molar refractivity (Wildman–Crippen MR) is 93.6 cm³/mol. The number of hydrazone groups is 1.